The fourth-order valence-corrected chi connectivity index (χ4v) is 5.77. The summed E-state index contributed by atoms with van der Waals surface area (Å²) >= 11 is 3.41. The van der Waals surface area contributed by atoms with Crippen LogP contribution in [0.2, 0.25) is 0 Å². The van der Waals surface area contributed by atoms with Crippen molar-refractivity contribution in [1.29, 1.82) is 0 Å². The highest BCUT2D eigenvalue weighted by atomic mass is 79.9. The average Bonchev–Trinajstić information content (AvgIpc) is 3.38. The lowest BCUT2D eigenvalue weighted by Gasteiger charge is -2.44. The molecule has 0 radical (unpaired) electrons. The van der Waals surface area contributed by atoms with Crippen LogP contribution in [0.15, 0.2) is 46.9 Å². The zero-order chi connectivity index (χ0) is 25.5. The van der Waals surface area contributed by atoms with Crippen LogP contribution in [-0.4, -0.2) is 68.1 Å². The van der Waals surface area contributed by atoms with Crippen LogP contribution in [0.3, 0.4) is 0 Å². The summed E-state index contributed by atoms with van der Waals surface area (Å²) in [7, 11) is 1.35. The maximum Gasteiger partial charge on any atom is 0.310 e. The van der Waals surface area contributed by atoms with Crippen molar-refractivity contribution in [2.45, 2.75) is 38.5 Å². The summed E-state index contributed by atoms with van der Waals surface area (Å²) in [6.07, 6.45) is 5.24. The quantitative estimate of drug-likeness (QED) is 0.418. The lowest BCUT2D eigenvalue weighted by atomic mass is 9.73. The largest absolute Gasteiger partial charge is 0.483 e. The highest BCUT2D eigenvalue weighted by molar-refractivity contribution is 9.10. The van der Waals surface area contributed by atoms with Gasteiger partial charge >= 0.3 is 5.97 Å². The minimum Gasteiger partial charge on any atom is -0.483 e. The van der Waals surface area contributed by atoms with E-state index in [1.165, 1.54) is 32.1 Å². The number of benzene rings is 2. The molecule has 4 rings (SSSR count). The zero-order valence-electron chi connectivity index (χ0n) is 20.8. The Morgan fingerprint density at radius 3 is 2.39 bits per heavy atom. The van der Waals surface area contributed by atoms with E-state index in [0.717, 1.165) is 48.9 Å². The van der Waals surface area contributed by atoms with Crippen LogP contribution in [0.5, 0.6) is 5.75 Å². The van der Waals surface area contributed by atoms with Gasteiger partial charge in [0.1, 0.15) is 11.6 Å². The number of likely N-dealkylation sites (tertiary alicyclic amines) is 2. The molecule has 0 atom stereocenters. The smallest absolute Gasteiger partial charge is 0.310 e. The molecule has 2 aliphatic heterocycles. The third-order valence-electron chi connectivity index (χ3n) is 7.36. The van der Waals surface area contributed by atoms with Gasteiger partial charge in [0.2, 0.25) is 0 Å². The molecule has 2 heterocycles. The molecular weight excluding hydrogens is 527 g/mol. The Bertz CT molecular complexity index is 1050. The molecule has 0 bridgehead atoms. The molecule has 2 aromatic carbocycles. The van der Waals surface area contributed by atoms with Gasteiger partial charge in [-0.15, -0.1) is 0 Å². The highest BCUT2D eigenvalue weighted by Gasteiger charge is 2.38. The predicted molar refractivity (Wildman–Crippen MR) is 139 cm³/mol. The van der Waals surface area contributed by atoms with E-state index in [0.29, 0.717) is 24.4 Å². The number of hydrogen-bond acceptors (Lipinski definition) is 5. The third kappa shape index (κ3) is 7.07. The first-order chi connectivity index (χ1) is 17.4. The number of ether oxygens (including phenoxy) is 2. The lowest BCUT2D eigenvalue weighted by Crippen LogP contribution is -2.49. The van der Waals surface area contributed by atoms with Crippen LogP contribution >= 0.6 is 15.9 Å². The van der Waals surface area contributed by atoms with Crippen LogP contribution in [0.4, 0.5) is 4.39 Å². The Balaban J connectivity index is 1.37. The number of nitrogens with zero attached hydrogens (tertiary/aromatic N) is 2. The summed E-state index contributed by atoms with van der Waals surface area (Å²) in [5.74, 6) is -0.128. The molecule has 2 saturated heterocycles. The second kappa shape index (κ2) is 12.2. The van der Waals surface area contributed by atoms with Crippen LogP contribution in [0.25, 0.3) is 0 Å². The molecule has 6 nitrogen and oxygen atoms in total. The minimum atomic E-state index is -0.365. The molecule has 2 aromatic rings. The molecule has 2 aliphatic rings. The first kappa shape index (κ1) is 26.6. The molecule has 0 saturated carbocycles. The SMILES string of the molecule is COC(=O)Cc1cc(Br)ccc1OCC(=O)N1CCC(Cc2ccc(F)cc2)(CN2CCCC2)CC1. The summed E-state index contributed by atoms with van der Waals surface area (Å²) < 4.78 is 24.9. The van der Waals surface area contributed by atoms with Crippen molar-refractivity contribution < 1.29 is 23.5 Å². The van der Waals surface area contributed by atoms with E-state index in [2.05, 4.69) is 20.8 Å². The summed E-state index contributed by atoms with van der Waals surface area (Å²) in [6, 6.07) is 12.2. The van der Waals surface area contributed by atoms with E-state index < -0.39 is 0 Å². The van der Waals surface area contributed by atoms with Gasteiger partial charge in [0, 0.05) is 29.7 Å². The van der Waals surface area contributed by atoms with Crippen molar-refractivity contribution in [2.24, 2.45) is 5.41 Å². The molecular formula is C28H34BrFN2O4. The van der Waals surface area contributed by atoms with E-state index in [9.17, 15) is 14.0 Å². The van der Waals surface area contributed by atoms with Crippen molar-refractivity contribution in [2.75, 3.05) is 46.4 Å². The molecule has 0 spiro atoms. The van der Waals surface area contributed by atoms with Gasteiger partial charge in [-0.05, 0) is 86.5 Å². The predicted octanol–water partition coefficient (Wildman–Crippen LogP) is 4.63. The Morgan fingerprint density at radius 2 is 1.72 bits per heavy atom. The van der Waals surface area contributed by atoms with Crippen LogP contribution in [-0.2, 0) is 27.2 Å². The van der Waals surface area contributed by atoms with Gasteiger partial charge in [0.05, 0.1) is 13.5 Å². The summed E-state index contributed by atoms with van der Waals surface area (Å²) in [5, 5.41) is 0. The average molecular weight is 561 g/mol. The van der Waals surface area contributed by atoms with Crippen molar-refractivity contribution in [1.82, 2.24) is 9.80 Å². The first-order valence-electron chi connectivity index (χ1n) is 12.6. The Labute approximate surface area is 220 Å². The molecule has 1 amide bonds. The first-order valence-corrected chi connectivity index (χ1v) is 13.4. The van der Waals surface area contributed by atoms with E-state index in [1.807, 2.05) is 23.1 Å². The normalized spacial score (nSPS) is 17.7. The maximum atomic E-state index is 13.5. The van der Waals surface area contributed by atoms with Gasteiger partial charge in [-0.2, -0.15) is 0 Å². The van der Waals surface area contributed by atoms with Gasteiger partial charge in [0.25, 0.3) is 5.91 Å². The molecule has 8 heteroatoms. The van der Waals surface area contributed by atoms with Gasteiger partial charge in [0.15, 0.2) is 6.61 Å². The lowest BCUT2D eigenvalue weighted by molar-refractivity contribution is -0.139. The number of methoxy groups -OCH3 is 1. The van der Waals surface area contributed by atoms with Crippen LogP contribution < -0.4 is 4.74 Å². The number of carbonyl (C=O) groups excluding carboxylic acids is 2. The van der Waals surface area contributed by atoms with Gasteiger partial charge in [-0.1, -0.05) is 28.1 Å². The molecule has 194 valence electrons. The second-order valence-electron chi connectivity index (χ2n) is 9.96. The second-order valence-corrected chi connectivity index (χ2v) is 10.9. The maximum absolute atomic E-state index is 13.5. The number of amides is 1. The summed E-state index contributed by atoms with van der Waals surface area (Å²) in [4.78, 5) is 29.2. The zero-order valence-corrected chi connectivity index (χ0v) is 22.4. The fraction of sp³-hybridized carbons (Fsp3) is 0.500. The summed E-state index contributed by atoms with van der Waals surface area (Å²) in [6.45, 7) is 4.54. The van der Waals surface area contributed by atoms with Crippen molar-refractivity contribution in [3.8, 4) is 5.75 Å². The van der Waals surface area contributed by atoms with Crippen molar-refractivity contribution in [3.63, 3.8) is 0 Å². The van der Waals surface area contributed by atoms with Gasteiger partial charge in [-0.25, -0.2) is 4.39 Å². The van der Waals surface area contributed by atoms with E-state index >= 15 is 0 Å². The Kier molecular flexibility index (Phi) is 9.01. The standard InChI is InChI=1S/C28H34BrFN2O4/c1-35-27(34)17-22-16-23(29)6-9-25(22)36-19-26(33)32-14-10-28(11-15-32,20-31-12-2-3-13-31)18-21-4-7-24(30)8-5-21/h4-9,16H,2-3,10-15,17-20H2,1H3. The molecule has 0 N–H and O–H groups in total. The number of hydrogen-bond donors (Lipinski definition) is 0. The molecule has 0 aromatic heterocycles. The number of halogens is 2. The van der Waals surface area contributed by atoms with E-state index in [1.54, 1.807) is 12.1 Å². The number of rotatable bonds is 9. The number of carbonyl (C=O) groups is 2. The van der Waals surface area contributed by atoms with Crippen molar-refractivity contribution in [3.05, 3.63) is 63.9 Å². The van der Waals surface area contributed by atoms with E-state index in [4.69, 9.17) is 9.47 Å². The third-order valence-corrected chi connectivity index (χ3v) is 7.86. The molecule has 0 aliphatic carbocycles. The Morgan fingerprint density at radius 1 is 1.03 bits per heavy atom. The summed E-state index contributed by atoms with van der Waals surface area (Å²) in [5.41, 5.74) is 1.89. The van der Waals surface area contributed by atoms with Crippen molar-refractivity contribution >= 4 is 27.8 Å². The van der Waals surface area contributed by atoms with Crippen LogP contribution in [0.1, 0.15) is 36.8 Å². The topological polar surface area (TPSA) is 59.1 Å². The fourth-order valence-electron chi connectivity index (χ4n) is 5.36. The molecule has 36 heavy (non-hydrogen) atoms. The molecule has 0 unspecified atom stereocenters. The number of esters is 1. The van der Waals surface area contributed by atoms with Crippen LogP contribution in [0, 0.1) is 11.2 Å². The highest BCUT2D eigenvalue weighted by Crippen LogP contribution is 2.37. The van der Waals surface area contributed by atoms with Gasteiger partial charge < -0.3 is 19.3 Å². The Hall–Kier alpha value is -2.45. The molecule has 2 fully saturated rings. The minimum absolute atomic E-state index is 0.0570. The van der Waals surface area contributed by atoms with E-state index in [-0.39, 0.29) is 36.1 Å². The number of piperidine rings is 1. The van der Waals surface area contributed by atoms with Gasteiger partial charge in [-0.3, -0.25) is 9.59 Å². The monoisotopic (exact) mass is 560 g/mol.